The van der Waals surface area contributed by atoms with Crippen LogP contribution in [0.2, 0.25) is 0 Å². The second-order valence-electron chi connectivity index (χ2n) is 6.82. The van der Waals surface area contributed by atoms with Crippen molar-refractivity contribution in [2.45, 2.75) is 70.1 Å². The molecule has 0 aromatic carbocycles. The van der Waals surface area contributed by atoms with Crippen molar-refractivity contribution >= 4 is 17.0 Å². The molecule has 0 aliphatic carbocycles. The van der Waals surface area contributed by atoms with Crippen LogP contribution in [-0.2, 0) is 4.74 Å². The first kappa shape index (κ1) is 19.0. The van der Waals surface area contributed by atoms with Crippen molar-refractivity contribution in [3.8, 4) is 0 Å². The lowest BCUT2D eigenvalue weighted by molar-refractivity contribution is -0.0511. The molecule has 0 bridgehead atoms. The molecule has 1 aliphatic rings. The minimum atomic E-state index is -1.18. The molecular formula is C17H27N5O4. The van der Waals surface area contributed by atoms with E-state index in [1.54, 1.807) is 4.57 Å². The minimum absolute atomic E-state index is 0.249. The fourth-order valence-electron chi connectivity index (χ4n) is 3.26. The molecule has 1 aliphatic heterocycles. The maximum atomic E-state index is 10.2. The van der Waals surface area contributed by atoms with Gasteiger partial charge in [-0.1, -0.05) is 26.2 Å². The predicted molar refractivity (Wildman–Crippen MR) is 95.6 cm³/mol. The van der Waals surface area contributed by atoms with Crippen LogP contribution in [0, 0.1) is 0 Å². The van der Waals surface area contributed by atoms with Crippen molar-refractivity contribution < 1.29 is 20.1 Å². The van der Waals surface area contributed by atoms with Crippen LogP contribution in [0.5, 0.6) is 0 Å². The van der Waals surface area contributed by atoms with Crippen LogP contribution in [0.1, 0.15) is 45.8 Å². The summed E-state index contributed by atoms with van der Waals surface area (Å²) in [7, 11) is 0. The fraction of sp³-hybridized carbons (Fsp3) is 0.706. The van der Waals surface area contributed by atoms with E-state index >= 15 is 0 Å². The van der Waals surface area contributed by atoms with Gasteiger partial charge in [0, 0.05) is 6.04 Å². The van der Waals surface area contributed by atoms with Crippen molar-refractivity contribution in [3.63, 3.8) is 0 Å². The van der Waals surface area contributed by atoms with Gasteiger partial charge >= 0.3 is 0 Å². The van der Waals surface area contributed by atoms with Gasteiger partial charge in [-0.15, -0.1) is 0 Å². The Kier molecular flexibility index (Phi) is 6.02. The van der Waals surface area contributed by atoms with Crippen LogP contribution < -0.4 is 5.32 Å². The molecule has 0 amide bonds. The highest BCUT2D eigenvalue weighted by Gasteiger charge is 2.44. The molecule has 1 saturated heterocycles. The molecule has 144 valence electrons. The summed E-state index contributed by atoms with van der Waals surface area (Å²) in [5.41, 5.74) is 1.07. The number of aromatic nitrogens is 4. The topological polar surface area (TPSA) is 126 Å². The third kappa shape index (κ3) is 3.66. The quantitative estimate of drug-likeness (QED) is 0.507. The van der Waals surface area contributed by atoms with Gasteiger partial charge in [0.25, 0.3) is 0 Å². The summed E-state index contributed by atoms with van der Waals surface area (Å²) in [6.07, 6.45) is 3.46. The van der Waals surface area contributed by atoms with E-state index in [1.165, 1.54) is 25.5 Å². The van der Waals surface area contributed by atoms with Gasteiger partial charge in [-0.2, -0.15) is 0 Å². The molecule has 0 radical (unpaired) electrons. The zero-order valence-electron chi connectivity index (χ0n) is 15.1. The maximum Gasteiger partial charge on any atom is 0.167 e. The van der Waals surface area contributed by atoms with Crippen molar-refractivity contribution in [2.24, 2.45) is 0 Å². The van der Waals surface area contributed by atoms with E-state index in [9.17, 15) is 15.3 Å². The summed E-state index contributed by atoms with van der Waals surface area (Å²) >= 11 is 0. The van der Waals surface area contributed by atoms with Crippen molar-refractivity contribution in [3.05, 3.63) is 12.7 Å². The van der Waals surface area contributed by atoms with Gasteiger partial charge < -0.3 is 25.4 Å². The number of rotatable bonds is 8. The molecule has 0 spiro atoms. The molecule has 5 atom stereocenters. The normalized spacial score (nSPS) is 27.1. The first-order chi connectivity index (χ1) is 12.6. The number of aliphatic hydroxyl groups is 3. The van der Waals surface area contributed by atoms with E-state index in [0.29, 0.717) is 17.0 Å². The highest BCUT2D eigenvalue weighted by molar-refractivity contribution is 5.82. The van der Waals surface area contributed by atoms with Crippen molar-refractivity contribution in [1.82, 2.24) is 19.5 Å². The van der Waals surface area contributed by atoms with E-state index in [2.05, 4.69) is 34.1 Å². The lowest BCUT2D eigenvalue weighted by atomic mass is 10.1. The highest BCUT2D eigenvalue weighted by atomic mass is 16.6. The summed E-state index contributed by atoms with van der Waals surface area (Å²) in [6, 6.07) is 0.249. The molecule has 2 aromatic heterocycles. The molecule has 0 saturated carbocycles. The Balaban J connectivity index is 1.81. The molecule has 2 unspecified atom stereocenters. The number of anilines is 1. The monoisotopic (exact) mass is 365 g/mol. The summed E-state index contributed by atoms with van der Waals surface area (Å²) in [5.74, 6) is 0.629. The summed E-state index contributed by atoms with van der Waals surface area (Å²) in [4.78, 5) is 12.9. The smallest absolute Gasteiger partial charge is 0.167 e. The van der Waals surface area contributed by atoms with Crippen LogP contribution in [0.3, 0.4) is 0 Å². The van der Waals surface area contributed by atoms with Gasteiger partial charge in [-0.05, 0) is 13.3 Å². The number of hydrogen-bond acceptors (Lipinski definition) is 8. The SMILES string of the molecule is CCCCCC(C)Nc1ncnc2c1ncn2C1O[C@H](CO)[C@@H](O)[C@H]1O. The van der Waals surface area contributed by atoms with Gasteiger partial charge in [0.05, 0.1) is 12.9 Å². The Morgan fingerprint density at radius 2 is 2.04 bits per heavy atom. The molecule has 1 fully saturated rings. The Morgan fingerprint density at radius 1 is 1.23 bits per heavy atom. The van der Waals surface area contributed by atoms with Crippen molar-refractivity contribution in [2.75, 3.05) is 11.9 Å². The molecule has 3 heterocycles. The molecule has 9 nitrogen and oxygen atoms in total. The van der Waals surface area contributed by atoms with Gasteiger partial charge in [-0.3, -0.25) is 4.57 Å². The third-order valence-corrected chi connectivity index (χ3v) is 4.77. The first-order valence-corrected chi connectivity index (χ1v) is 9.13. The Bertz CT molecular complexity index is 724. The van der Waals surface area contributed by atoms with Crippen LogP contribution >= 0.6 is 0 Å². The number of nitrogens with one attached hydrogen (secondary N) is 1. The van der Waals surface area contributed by atoms with E-state index in [0.717, 1.165) is 12.8 Å². The van der Waals surface area contributed by atoms with Crippen LogP contribution in [-0.4, -0.2) is 65.8 Å². The Morgan fingerprint density at radius 3 is 2.73 bits per heavy atom. The molecule has 3 rings (SSSR count). The fourth-order valence-corrected chi connectivity index (χ4v) is 3.26. The number of nitrogens with zero attached hydrogens (tertiary/aromatic N) is 4. The van der Waals surface area contributed by atoms with Gasteiger partial charge in [-0.25, -0.2) is 15.0 Å². The Hall–Kier alpha value is -1.81. The van der Waals surface area contributed by atoms with E-state index in [-0.39, 0.29) is 12.6 Å². The summed E-state index contributed by atoms with van der Waals surface area (Å²) in [6.45, 7) is 3.90. The van der Waals surface area contributed by atoms with Gasteiger partial charge in [0.1, 0.15) is 24.6 Å². The number of hydrogen-bond donors (Lipinski definition) is 4. The zero-order valence-corrected chi connectivity index (χ0v) is 15.1. The van der Waals surface area contributed by atoms with Crippen LogP contribution in [0.4, 0.5) is 5.82 Å². The minimum Gasteiger partial charge on any atom is -0.394 e. The Labute approximate surface area is 152 Å². The standard InChI is InChI=1S/C17H27N5O4/c1-3-4-5-6-10(2)21-15-12-16(19-8-18-15)22(9-20-12)17-14(25)13(24)11(7-23)26-17/h8-11,13-14,17,23-25H,3-7H2,1-2H3,(H,18,19,21)/t10?,11-,13-,14-,17?/m1/s1. The van der Waals surface area contributed by atoms with E-state index in [1.807, 2.05) is 0 Å². The van der Waals surface area contributed by atoms with Gasteiger partial charge in [0.2, 0.25) is 0 Å². The molecule has 2 aromatic rings. The zero-order chi connectivity index (χ0) is 18.7. The molecule has 4 N–H and O–H groups in total. The molecular weight excluding hydrogens is 338 g/mol. The number of ether oxygens (including phenoxy) is 1. The lowest BCUT2D eigenvalue weighted by Crippen LogP contribution is -2.33. The largest absolute Gasteiger partial charge is 0.394 e. The molecule has 26 heavy (non-hydrogen) atoms. The van der Waals surface area contributed by atoms with Crippen LogP contribution in [0.15, 0.2) is 12.7 Å². The first-order valence-electron chi connectivity index (χ1n) is 9.13. The van der Waals surface area contributed by atoms with Crippen LogP contribution in [0.25, 0.3) is 11.2 Å². The number of unbranched alkanes of at least 4 members (excludes halogenated alkanes) is 2. The predicted octanol–water partition coefficient (Wildman–Crippen LogP) is 0.818. The highest BCUT2D eigenvalue weighted by Crippen LogP contribution is 2.32. The van der Waals surface area contributed by atoms with E-state index in [4.69, 9.17) is 4.74 Å². The average molecular weight is 365 g/mol. The second kappa shape index (κ2) is 8.26. The number of fused-ring (bicyclic) bond motifs is 1. The molecule has 9 heteroatoms. The van der Waals surface area contributed by atoms with E-state index < -0.39 is 24.5 Å². The number of imidazole rings is 1. The maximum absolute atomic E-state index is 10.2. The number of aliphatic hydroxyl groups excluding tert-OH is 3. The summed E-state index contributed by atoms with van der Waals surface area (Å²) < 4.78 is 7.13. The second-order valence-corrected chi connectivity index (χ2v) is 6.82. The lowest BCUT2D eigenvalue weighted by Gasteiger charge is -2.17. The van der Waals surface area contributed by atoms with Gasteiger partial charge in [0.15, 0.2) is 23.2 Å². The third-order valence-electron chi connectivity index (χ3n) is 4.77. The average Bonchev–Trinajstić information content (AvgIpc) is 3.18. The summed E-state index contributed by atoms with van der Waals surface area (Å²) in [5, 5.41) is 32.8. The van der Waals surface area contributed by atoms with Crippen molar-refractivity contribution in [1.29, 1.82) is 0 Å².